The first-order valence-corrected chi connectivity index (χ1v) is 5.85. The summed E-state index contributed by atoms with van der Waals surface area (Å²) in [6, 6.07) is 0. The van der Waals surface area contributed by atoms with Gasteiger partial charge < -0.3 is 24.1 Å². The zero-order chi connectivity index (χ0) is 13.1. The van der Waals surface area contributed by atoms with Gasteiger partial charge in [0.15, 0.2) is 24.8 Å². The molecule has 7 heteroatoms. The number of aliphatic hydroxyl groups is 1. The van der Waals surface area contributed by atoms with Gasteiger partial charge in [-0.25, -0.2) is 0 Å². The molecular formula is C11H16O7. The van der Waals surface area contributed by atoms with Gasteiger partial charge in [0.1, 0.15) is 0 Å². The third-order valence-corrected chi connectivity index (χ3v) is 2.96. The van der Waals surface area contributed by atoms with Crippen molar-refractivity contribution in [3.05, 3.63) is 0 Å². The number of hydrogen-bond donors (Lipinski definition) is 1. The molecule has 0 aromatic heterocycles. The summed E-state index contributed by atoms with van der Waals surface area (Å²) in [6.45, 7) is 0. The van der Waals surface area contributed by atoms with Gasteiger partial charge in [-0.05, 0) is 12.8 Å². The number of cyclic esters (lactones) is 2. The van der Waals surface area contributed by atoms with Gasteiger partial charge in [-0.15, -0.1) is 0 Å². The first-order chi connectivity index (χ1) is 8.60. The van der Waals surface area contributed by atoms with Crippen LogP contribution in [0.25, 0.3) is 0 Å². The monoisotopic (exact) mass is 260 g/mol. The van der Waals surface area contributed by atoms with E-state index in [1.807, 2.05) is 0 Å². The average Bonchev–Trinajstić information content (AvgIpc) is 2.94. The molecular weight excluding hydrogens is 244 g/mol. The van der Waals surface area contributed by atoms with E-state index in [1.165, 1.54) is 7.11 Å². The summed E-state index contributed by atoms with van der Waals surface area (Å²) >= 11 is 0. The Morgan fingerprint density at radius 1 is 1.17 bits per heavy atom. The highest BCUT2D eigenvalue weighted by Gasteiger charge is 2.37. The minimum Gasteiger partial charge on any atom is -0.457 e. The van der Waals surface area contributed by atoms with Crippen molar-refractivity contribution in [3.63, 3.8) is 0 Å². The van der Waals surface area contributed by atoms with Crippen LogP contribution in [0.2, 0.25) is 0 Å². The molecule has 2 aliphatic heterocycles. The van der Waals surface area contributed by atoms with Crippen molar-refractivity contribution in [2.45, 2.75) is 50.5 Å². The van der Waals surface area contributed by atoms with Crippen molar-refractivity contribution in [1.82, 2.24) is 0 Å². The van der Waals surface area contributed by atoms with Gasteiger partial charge >= 0.3 is 11.9 Å². The molecule has 0 aromatic carbocycles. The highest BCUT2D eigenvalue weighted by molar-refractivity contribution is 5.71. The Balaban J connectivity index is 1.85. The summed E-state index contributed by atoms with van der Waals surface area (Å²) in [7, 11) is 1.39. The van der Waals surface area contributed by atoms with E-state index in [0.717, 1.165) is 0 Å². The Morgan fingerprint density at radius 2 is 1.72 bits per heavy atom. The molecule has 0 radical (unpaired) electrons. The highest BCUT2D eigenvalue weighted by atomic mass is 16.8. The number of rotatable bonds is 5. The van der Waals surface area contributed by atoms with E-state index in [-0.39, 0.29) is 18.4 Å². The van der Waals surface area contributed by atoms with E-state index in [2.05, 4.69) is 0 Å². The van der Waals surface area contributed by atoms with Crippen molar-refractivity contribution < 1.29 is 33.6 Å². The molecule has 2 fully saturated rings. The number of ether oxygens (including phenoxy) is 4. The first-order valence-electron chi connectivity index (χ1n) is 5.85. The minimum absolute atomic E-state index is 0.265. The van der Waals surface area contributed by atoms with Crippen LogP contribution in [0.4, 0.5) is 0 Å². The molecule has 0 aromatic rings. The summed E-state index contributed by atoms with van der Waals surface area (Å²) in [6.07, 6.45) is -1.90. The molecule has 0 amide bonds. The predicted octanol–water partition coefficient (Wildman–Crippen LogP) is -0.295. The molecule has 4 atom stereocenters. The third kappa shape index (κ3) is 2.98. The van der Waals surface area contributed by atoms with Gasteiger partial charge in [0.2, 0.25) is 0 Å². The zero-order valence-corrected chi connectivity index (χ0v) is 10.0. The second-order valence-electron chi connectivity index (χ2n) is 4.26. The molecule has 18 heavy (non-hydrogen) atoms. The molecule has 2 aliphatic rings. The molecule has 0 bridgehead atoms. The maximum absolute atomic E-state index is 11.0. The fourth-order valence-electron chi connectivity index (χ4n) is 2.01. The van der Waals surface area contributed by atoms with Gasteiger partial charge in [-0.1, -0.05) is 0 Å². The maximum atomic E-state index is 11.0. The van der Waals surface area contributed by atoms with Crippen molar-refractivity contribution >= 4 is 11.9 Å². The first kappa shape index (κ1) is 13.3. The lowest BCUT2D eigenvalue weighted by molar-refractivity contribution is -0.272. The molecule has 2 heterocycles. The van der Waals surface area contributed by atoms with Gasteiger partial charge in [-0.3, -0.25) is 9.59 Å². The predicted molar refractivity (Wildman–Crippen MR) is 56.1 cm³/mol. The molecule has 0 aliphatic carbocycles. The van der Waals surface area contributed by atoms with Crippen LogP contribution in [-0.4, -0.2) is 48.9 Å². The van der Waals surface area contributed by atoms with Gasteiger partial charge in [0.25, 0.3) is 0 Å². The highest BCUT2D eigenvalue weighted by Crippen LogP contribution is 2.23. The quantitative estimate of drug-likeness (QED) is 0.536. The maximum Gasteiger partial charge on any atom is 0.306 e. The molecule has 0 spiro atoms. The number of hydrogen-bond acceptors (Lipinski definition) is 7. The molecule has 0 saturated carbocycles. The molecule has 7 nitrogen and oxygen atoms in total. The Bertz CT molecular complexity index is 329. The van der Waals surface area contributed by atoms with Crippen LogP contribution < -0.4 is 0 Å². The molecule has 102 valence electrons. The summed E-state index contributed by atoms with van der Waals surface area (Å²) < 4.78 is 20.1. The third-order valence-electron chi connectivity index (χ3n) is 2.96. The lowest BCUT2D eigenvalue weighted by atomic mass is 10.2. The lowest BCUT2D eigenvalue weighted by Crippen LogP contribution is -2.39. The average molecular weight is 260 g/mol. The van der Waals surface area contributed by atoms with E-state index >= 15 is 0 Å². The van der Waals surface area contributed by atoms with Gasteiger partial charge in [-0.2, -0.15) is 0 Å². The summed E-state index contributed by atoms with van der Waals surface area (Å²) in [4.78, 5) is 21.9. The van der Waals surface area contributed by atoms with Crippen LogP contribution in [-0.2, 0) is 28.5 Å². The molecule has 2 rings (SSSR count). The van der Waals surface area contributed by atoms with Crippen LogP contribution in [0.15, 0.2) is 0 Å². The van der Waals surface area contributed by atoms with Gasteiger partial charge in [0.05, 0.1) is 0 Å². The minimum atomic E-state index is -1.28. The molecule has 4 unspecified atom stereocenters. The number of aliphatic hydroxyl groups excluding tert-OH is 1. The van der Waals surface area contributed by atoms with E-state index in [4.69, 9.17) is 18.9 Å². The number of esters is 2. The van der Waals surface area contributed by atoms with E-state index in [1.54, 1.807) is 0 Å². The number of carbonyl (C=O) groups excluding carboxylic acids is 2. The number of methoxy groups -OCH3 is 1. The molecule has 2 saturated heterocycles. The van der Waals surface area contributed by atoms with E-state index in [9.17, 15) is 14.7 Å². The smallest absolute Gasteiger partial charge is 0.306 e. The lowest BCUT2D eigenvalue weighted by Gasteiger charge is -2.26. The standard InChI is InChI=1S/C11H16O7/c1-15-11(7-3-5-9(13)17-7)18-10(14)6-2-4-8(12)16-6/h6-7,10-11,14H,2-5H2,1H3. The van der Waals surface area contributed by atoms with Crippen molar-refractivity contribution in [2.24, 2.45) is 0 Å². The van der Waals surface area contributed by atoms with Crippen LogP contribution in [0.1, 0.15) is 25.7 Å². The zero-order valence-electron chi connectivity index (χ0n) is 10.0. The van der Waals surface area contributed by atoms with Crippen LogP contribution in [0.3, 0.4) is 0 Å². The summed E-state index contributed by atoms with van der Waals surface area (Å²) in [5.41, 5.74) is 0. The van der Waals surface area contributed by atoms with Crippen molar-refractivity contribution in [3.8, 4) is 0 Å². The Labute approximate surface area is 104 Å². The SMILES string of the molecule is COC(OC(O)C1CCC(=O)O1)C1CCC(=O)O1. The Hall–Kier alpha value is -1.18. The van der Waals surface area contributed by atoms with Crippen LogP contribution in [0.5, 0.6) is 0 Å². The number of carbonyl (C=O) groups is 2. The fourth-order valence-corrected chi connectivity index (χ4v) is 2.01. The van der Waals surface area contributed by atoms with Crippen LogP contribution in [0, 0.1) is 0 Å². The second kappa shape index (κ2) is 5.64. The molecule has 1 N–H and O–H groups in total. The summed E-state index contributed by atoms with van der Waals surface area (Å²) in [5.74, 6) is -0.670. The largest absolute Gasteiger partial charge is 0.457 e. The van der Waals surface area contributed by atoms with Gasteiger partial charge in [0, 0.05) is 20.0 Å². The topological polar surface area (TPSA) is 91.3 Å². The fraction of sp³-hybridized carbons (Fsp3) is 0.818. The second-order valence-corrected chi connectivity index (χ2v) is 4.26. The van der Waals surface area contributed by atoms with Crippen LogP contribution >= 0.6 is 0 Å². The normalized spacial score (nSPS) is 31.0. The van der Waals surface area contributed by atoms with E-state index in [0.29, 0.717) is 19.3 Å². The Kier molecular flexibility index (Phi) is 4.15. The Morgan fingerprint density at radius 3 is 2.17 bits per heavy atom. The van der Waals surface area contributed by atoms with Crippen molar-refractivity contribution in [1.29, 1.82) is 0 Å². The summed E-state index contributed by atoms with van der Waals surface area (Å²) in [5, 5.41) is 9.77. The van der Waals surface area contributed by atoms with E-state index < -0.39 is 24.8 Å². The van der Waals surface area contributed by atoms with Crippen molar-refractivity contribution in [2.75, 3.05) is 7.11 Å².